The third-order valence-corrected chi connectivity index (χ3v) is 0.893. The van der Waals surface area contributed by atoms with Gasteiger partial charge >= 0.3 is 0 Å². The molecule has 0 fully saturated rings. The Kier molecular flexibility index (Phi) is 1.08. The first-order valence-corrected chi connectivity index (χ1v) is 2.33. The summed E-state index contributed by atoms with van der Waals surface area (Å²) in [6.45, 7) is 0. The minimum atomic E-state index is 0.249. The summed E-state index contributed by atoms with van der Waals surface area (Å²) in [4.78, 5) is 0. The number of hydrogen-bond acceptors (Lipinski definition) is 2. The molecule has 0 aromatic heterocycles. The van der Waals surface area contributed by atoms with Crippen molar-refractivity contribution in [2.24, 2.45) is 0 Å². The number of aromatic hydroxyl groups is 1. The Balaban J connectivity index is 3.03. The second-order valence-electron chi connectivity index (χ2n) is 1.59. The van der Waals surface area contributed by atoms with E-state index in [-0.39, 0.29) is 5.75 Å². The molecule has 0 saturated heterocycles. The normalized spacial score (nSPS) is 9.00. The van der Waals surface area contributed by atoms with Crippen LogP contribution in [0.3, 0.4) is 0 Å². The molecule has 0 spiro atoms. The molecule has 0 amide bonds. The molecular formula is C6H7NO. The fourth-order valence-electron chi connectivity index (χ4n) is 0.474. The highest BCUT2D eigenvalue weighted by atomic mass is 16.3. The lowest BCUT2D eigenvalue weighted by molar-refractivity contribution is 0.475. The van der Waals surface area contributed by atoms with E-state index < -0.39 is 0 Å². The van der Waals surface area contributed by atoms with E-state index in [0.29, 0.717) is 5.69 Å². The molecule has 2 heteroatoms. The van der Waals surface area contributed by atoms with Crippen molar-refractivity contribution < 1.29 is 5.11 Å². The SMILES string of the molecule is N[13c]1[13cH][13cH][13c](O)[13cH][13cH]1. The van der Waals surface area contributed by atoms with E-state index in [1.807, 2.05) is 0 Å². The summed E-state index contributed by atoms with van der Waals surface area (Å²) in [5.74, 6) is 0.249. The molecule has 0 radical (unpaired) electrons. The Morgan fingerprint density at radius 1 is 1.12 bits per heavy atom. The van der Waals surface area contributed by atoms with Gasteiger partial charge in [-0.25, -0.2) is 0 Å². The molecule has 0 atom stereocenters. The Morgan fingerprint density at radius 2 is 1.62 bits per heavy atom. The number of phenolic OH excluding ortho intramolecular Hbond substituents is 1. The third kappa shape index (κ3) is 0.904. The number of hydrogen-bond donors (Lipinski definition) is 2. The molecule has 0 saturated carbocycles. The van der Waals surface area contributed by atoms with Crippen molar-refractivity contribution in [2.45, 2.75) is 0 Å². The van der Waals surface area contributed by atoms with Crippen LogP contribution in [0.25, 0.3) is 0 Å². The van der Waals surface area contributed by atoms with E-state index in [0.717, 1.165) is 0 Å². The third-order valence-electron chi connectivity index (χ3n) is 0.893. The van der Waals surface area contributed by atoms with Crippen molar-refractivity contribution in [1.29, 1.82) is 0 Å². The van der Waals surface area contributed by atoms with Crippen LogP contribution in [-0.4, -0.2) is 5.11 Å². The van der Waals surface area contributed by atoms with Gasteiger partial charge < -0.3 is 10.8 Å². The maximum atomic E-state index is 8.70. The van der Waals surface area contributed by atoms with E-state index in [1.165, 1.54) is 0 Å². The van der Waals surface area contributed by atoms with E-state index in [4.69, 9.17) is 10.8 Å². The van der Waals surface area contributed by atoms with Gasteiger partial charge in [0.25, 0.3) is 0 Å². The van der Waals surface area contributed by atoms with Crippen molar-refractivity contribution in [3.63, 3.8) is 0 Å². The zero-order valence-electron chi connectivity index (χ0n) is 4.33. The molecule has 42 valence electrons. The molecule has 2 nitrogen and oxygen atoms in total. The van der Waals surface area contributed by atoms with E-state index in [1.54, 1.807) is 24.3 Å². The summed E-state index contributed by atoms with van der Waals surface area (Å²) >= 11 is 0. The summed E-state index contributed by atoms with van der Waals surface area (Å²) in [7, 11) is 0. The number of rotatable bonds is 0. The largest absolute Gasteiger partial charge is 0.508 e. The predicted molar refractivity (Wildman–Crippen MR) is 32.5 cm³/mol. The minimum Gasteiger partial charge on any atom is -0.508 e. The quantitative estimate of drug-likeness (QED) is 0.391. The van der Waals surface area contributed by atoms with E-state index in [2.05, 4.69) is 0 Å². The number of phenols is 1. The van der Waals surface area contributed by atoms with E-state index >= 15 is 0 Å². The number of benzene rings is 1. The average molecular weight is 115 g/mol. The molecule has 1 aromatic carbocycles. The number of nitrogens with two attached hydrogens (primary N) is 1. The smallest absolute Gasteiger partial charge is 0.115 e. The average Bonchev–Trinajstić information content (AvgIpc) is 1.77. The first-order chi connectivity index (χ1) is 3.79. The van der Waals surface area contributed by atoms with Gasteiger partial charge in [0.15, 0.2) is 0 Å². The lowest BCUT2D eigenvalue weighted by Crippen LogP contribution is -1.80. The summed E-state index contributed by atoms with van der Waals surface area (Å²) in [6, 6.07) is 6.40. The molecule has 0 aliphatic carbocycles. The van der Waals surface area contributed by atoms with Crippen LogP contribution in [0, 0.1) is 0 Å². The summed E-state index contributed by atoms with van der Waals surface area (Å²) in [5, 5.41) is 8.70. The van der Waals surface area contributed by atoms with Gasteiger partial charge in [0.05, 0.1) is 0 Å². The highest BCUT2D eigenvalue weighted by molar-refractivity contribution is 5.40. The van der Waals surface area contributed by atoms with Crippen LogP contribution < -0.4 is 5.73 Å². The summed E-state index contributed by atoms with van der Waals surface area (Å²) in [5.41, 5.74) is 5.98. The van der Waals surface area contributed by atoms with Crippen molar-refractivity contribution >= 4 is 5.69 Å². The van der Waals surface area contributed by atoms with Gasteiger partial charge in [-0.3, -0.25) is 0 Å². The first-order valence-electron chi connectivity index (χ1n) is 2.33. The molecular weight excluding hydrogens is 108 g/mol. The molecule has 3 N–H and O–H groups in total. The van der Waals surface area contributed by atoms with Crippen molar-refractivity contribution in [2.75, 3.05) is 5.73 Å². The lowest BCUT2D eigenvalue weighted by atomic mass is 11.3. The standard InChI is InChI=1S/C6H7NO/c7-5-1-3-6(8)4-2-5/h1-4,8H,7H2/i1+1,2+1,3+1,4+1,5+1,6+1. The topological polar surface area (TPSA) is 46.2 Å². The highest BCUT2D eigenvalue weighted by Gasteiger charge is 1.82. The van der Waals surface area contributed by atoms with Gasteiger partial charge in [-0.05, 0) is 24.3 Å². The fourth-order valence-corrected chi connectivity index (χ4v) is 0.474. The summed E-state index contributed by atoms with van der Waals surface area (Å²) < 4.78 is 0. The number of anilines is 1. The minimum absolute atomic E-state index is 0.249. The Hall–Kier alpha value is -1.18. The van der Waals surface area contributed by atoms with Gasteiger partial charge in [0.1, 0.15) is 5.75 Å². The van der Waals surface area contributed by atoms with E-state index in [9.17, 15) is 0 Å². The zero-order valence-corrected chi connectivity index (χ0v) is 4.33. The molecule has 0 heterocycles. The molecule has 0 aliphatic rings. The first kappa shape index (κ1) is 4.97. The van der Waals surface area contributed by atoms with Gasteiger partial charge in [-0.2, -0.15) is 0 Å². The van der Waals surface area contributed by atoms with Crippen LogP contribution in [0.2, 0.25) is 0 Å². The zero-order chi connectivity index (χ0) is 5.98. The van der Waals surface area contributed by atoms with Crippen molar-refractivity contribution in [1.82, 2.24) is 0 Å². The van der Waals surface area contributed by atoms with Gasteiger partial charge in [0, 0.05) is 5.69 Å². The molecule has 1 rings (SSSR count). The van der Waals surface area contributed by atoms with Crippen molar-refractivity contribution in [3.8, 4) is 5.75 Å². The van der Waals surface area contributed by atoms with Crippen LogP contribution in [0.4, 0.5) is 5.69 Å². The molecule has 0 unspecified atom stereocenters. The van der Waals surface area contributed by atoms with Crippen LogP contribution >= 0.6 is 0 Å². The second kappa shape index (κ2) is 1.74. The fraction of sp³-hybridized carbons (Fsp3) is 0. The van der Waals surface area contributed by atoms with Crippen molar-refractivity contribution in [3.05, 3.63) is 24.3 Å². The summed E-state index contributed by atoms with van der Waals surface area (Å²) in [6.07, 6.45) is 0. The van der Waals surface area contributed by atoms with Crippen LogP contribution in [-0.2, 0) is 0 Å². The lowest BCUT2D eigenvalue weighted by Gasteiger charge is -1.89. The predicted octanol–water partition coefficient (Wildman–Crippen LogP) is 0.974. The molecule has 0 aliphatic heterocycles. The van der Waals surface area contributed by atoms with Crippen LogP contribution in [0.5, 0.6) is 5.75 Å². The molecule has 1 aromatic rings. The van der Waals surface area contributed by atoms with Gasteiger partial charge in [-0.15, -0.1) is 0 Å². The van der Waals surface area contributed by atoms with Gasteiger partial charge in [-0.1, -0.05) is 0 Å². The number of nitrogen functional groups attached to an aromatic ring is 1. The molecule has 0 bridgehead atoms. The van der Waals surface area contributed by atoms with Crippen LogP contribution in [0.1, 0.15) is 0 Å². The Bertz CT molecular complexity index is 147. The monoisotopic (exact) mass is 115 g/mol. The van der Waals surface area contributed by atoms with Gasteiger partial charge in [0.2, 0.25) is 0 Å². The Morgan fingerprint density at radius 3 is 2.00 bits per heavy atom. The Labute approximate surface area is 47.6 Å². The molecule has 8 heavy (non-hydrogen) atoms. The van der Waals surface area contributed by atoms with Crippen LogP contribution in [0.15, 0.2) is 24.3 Å². The second-order valence-corrected chi connectivity index (χ2v) is 1.59. The maximum Gasteiger partial charge on any atom is 0.115 e. The highest BCUT2D eigenvalue weighted by Crippen LogP contribution is 2.09. The maximum absolute atomic E-state index is 8.70.